The Hall–Kier alpha value is -2.36. The Morgan fingerprint density at radius 3 is 1.18 bits per heavy atom. The van der Waals surface area contributed by atoms with Crippen LogP contribution in [0.25, 0.3) is 0 Å². The number of aromatic hydroxyl groups is 1. The van der Waals surface area contributed by atoms with Crippen LogP contribution in [0, 0.1) is 0 Å². The molecule has 1 aromatic rings. The Balaban J connectivity index is 2.14. The van der Waals surface area contributed by atoms with Crippen LogP contribution in [-0.4, -0.2) is 137 Å². The van der Waals surface area contributed by atoms with E-state index in [0.29, 0.717) is 92.5 Å². The molecule has 0 radical (unpaired) electrons. The van der Waals surface area contributed by atoms with Crippen LogP contribution in [0.15, 0.2) is 18.2 Å². The van der Waals surface area contributed by atoms with Crippen molar-refractivity contribution < 1.29 is 52.6 Å². The molecule has 0 spiro atoms. The highest BCUT2D eigenvalue weighted by atomic mass is 16.6. The number of carbonyl (C=O) groups excluding carboxylic acids is 2. The molecule has 0 fully saturated rings. The first-order chi connectivity index (χ1) is 19.1. The maximum atomic E-state index is 12.4. The summed E-state index contributed by atoms with van der Waals surface area (Å²) in [6.07, 6.45) is 0. The molecule has 224 valence electrons. The Labute approximate surface area is 230 Å². The van der Waals surface area contributed by atoms with Gasteiger partial charge in [0.1, 0.15) is 5.75 Å². The lowest BCUT2D eigenvalue weighted by atomic mass is 10.1. The van der Waals surface area contributed by atoms with Crippen molar-refractivity contribution in [1.82, 2.24) is 10.6 Å². The monoisotopic (exact) mass is 560 g/mol. The second-order valence-electron chi connectivity index (χ2n) is 7.94. The number of phenols is 1. The fourth-order valence-electron chi connectivity index (χ4n) is 2.92. The molecule has 13 nitrogen and oxygen atoms in total. The summed E-state index contributed by atoms with van der Waals surface area (Å²) in [5.74, 6) is -1.05. The molecule has 0 saturated carbocycles. The number of hydrogen-bond acceptors (Lipinski definition) is 11. The van der Waals surface area contributed by atoms with Crippen LogP contribution in [0.3, 0.4) is 0 Å². The first-order valence-electron chi connectivity index (χ1n) is 12.9. The van der Waals surface area contributed by atoms with Gasteiger partial charge in [0.2, 0.25) is 0 Å². The molecule has 1 aromatic carbocycles. The predicted octanol–water partition coefficient (Wildman–Crippen LogP) is 0.244. The first-order valence-corrected chi connectivity index (χ1v) is 12.9. The zero-order chi connectivity index (χ0) is 28.4. The average molecular weight is 561 g/mol. The highest BCUT2D eigenvalue weighted by molar-refractivity contribution is 6.00. The van der Waals surface area contributed by atoms with Crippen molar-refractivity contribution in [2.75, 3.05) is 120 Å². The maximum Gasteiger partial charge on any atom is 0.251 e. The second-order valence-corrected chi connectivity index (χ2v) is 7.94. The van der Waals surface area contributed by atoms with E-state index in [1.165, 1.54) is 18.2 Å². The maximum absolute atomic E-state index is 12.4. The fraction of sp³-hybridized carbons (Fsp3) is 0.692. The van der Waals surface area contributed by atoms with E-state index in [0.717, 1.165) is 0 Å². The van der Waals surface area contributed by atoms with Crippen LogP contribution < -0.4 is 10.6 Å². The second kappa shape index (κ2) is 24.7. The summed E-state index contributed by atoms with van der Waals surface area (Å²) >= 11 is 0. The van der Waals surface area contributed by atoms with Gasteiger partial charge in [0.25, 0.3) is 11.8 Å². The number of phenolic OH excluding ortho intramolecular Hbond substituents is 1. The molecule has 13 heteroatoms. The van der Waals surface area contributed by atoms with Crippen molar-refractivity contribution in [3.05, 3.63) is 29.3 Å². The van der Waals surface area contributed by atoms with Crippen LogP contribution in [-0.2, 0) is 37.9 Å². The van der Waals surface area contributed by atoms with Crippen LogP contribution in [0.1, 0.15) is 20.7 Å². The highest BCUT2D eigenvalue weighted by Gasteiger charge is 2.13. The third kappa shape index (κ3) is 19.4. The predicted molar refractivity (Wildman–Crippen MR) is 141 cm³/mol. The SMILES string of the molecule is COCCOCCOCCOCCNC(=O)c1cc(O)cc(C(=O)NCCOCCOCCOCCOC)c1. The minimum atomic E-state index is -0.430. The smallest absolute Gasteiger partial charge is 0.251 e. The average Bonchev–Trinajstić information content (AvgIpc) is 2.93. The highest BCUT2D eigenvalue weighted by Crippen LogP contribution is 2.16. The standard InChI is InChI=1S/C26H44N2O11/c1-32-7-9-36-15-17-38-13-11-34-5-3-27-25(30)22-19-23(21-24(29)20-22)26(31)28-4-6-35-12-14-39-18-16-37-10-8-33-2/h19-21,29H,3-18H2,1-2H3,(H,27,30)(H,28,31). The van der Waals surface area contributed by atoms with Crippen LogP contribution in [0.2, 0.25) is 0 Å². The third-order valence-electron chi connectivity index (χ3n) is 4.86. The number of ether oxygens (including phenoxy) is 8. The number of amides is 2. The molecule has 0 aliphatic rings. The molecule has 0 heterocycles. The molecule has 0 aliphatic heterocycles. The molecule has 1 rings (SSSR count). The van der Waals surface area contributed by atoms with E-state index < -0.39 is 11.8 Å². The summed E-state index contributed by atoms with van der Waals surface area (Å²) in [4.78, 5) is 24.8. The first kappa shape index (κ1) is 34.7. The number of methoxy groups -OCH3 is 2. The Morgan fingerprint density at radius 1 is 0.538 bits per heavy atom. The van der Waals surface area contributed by atoms with Crippen molar-refractivity contribution in [1.29, 1.82) is 0 Å². The van der Waals surface area contributed by atoms with E-state index in [9.17, 15) is 14.7 Å². The zero-order valence-electron chi connectivity index (χ0n) is 23.1. The molecule has 0 saturated heterocycles. The summed E-state index contributed by atoms with van der Waals surface area (Å²) in [5.41, 5.74) is 0.327. The van der Waals surface area contributed by atoms with Crippen molar-refractivity contribution in [2.24, 2.45) is 0 Å². The summed E-state index contributed by atoms with van der Waals surface area (Å²) in [6, 6.07) is 4.00. The number of rotatable bonds is 26. The topological polar surface area (TPSA) is 152 Å². The molecule has 39 heavy (non-hydrogen) atoms. The van der Waals surface area contributed by atoms with Gasteiger partial charge in [0, 0.05) is 38.4 Å². The molecule has 0 aromatic heterocycles. The molecular weight excluding hydrogens is 516 g/mol. The molecule has 2 amide bonds. The number of carbonyl (C=O) groups is 2. The van der Waals surface area contributed by atoms with Crippen molar-refractivity contribution in [3.8, 4) is 5.75 Å². The largest absolute Gasteiger partial charge is 0.508 e. The molecular formula is C26H44N2O11. The van der Waals surface area contributed by atoms with Crippen LogP contribution in [0.5, 0.6) is 5.75 Å². The Morgan fingerprint density at radius 2 is 0.846 bits per heavy atom. The molecule has 0 aliphatic carbocycles. The van der Waals surface area contributed by atoms with Crippen molar-refractivity contribution in [3.63, 3.8) is 0 Å². The quantitative estimate of drug-likeness (QED) is 0.134. The summed E-state index contributed by atoms with van der Waals surface area (Å²) in [5, 5.41) is 15.4. The van der Waals surface area contributed by atoms with Gasteiger partial charge in [-0.05, 0) is 18.2 Å². The van der Waals surface area contributed by atoms with Gasteiger partial charge < -0.3 is 53.6 Å². The Kier molecular flexibility index (Phi) is 21.9. The van der Waals surface area contributed by atoms with Gasteiger partial charge >= 0.3 is 0 Å². The van der Waals surface area contributed by atoms with E-state index in [2.05, 4.69) is 10.6 Å². The molecule has 0 bridgehead atoms. The number of nitrogens with one attached hydrogen (secondary N) is 2. The van der Waals surface area contributed by atoms with Gasteiger partial charge in [0.05, 0.1) is 92.5 Å². The minimum Gasteiger partial charge on any atom is -0.508 e. The number of hydrogen-bond donors (Lipinski definition) is 3. The third-order valence-corrected chi connectivity index (χ3v) is 4.86. The van der Waals surface area contributed by atoms with Crippen molar-refractivity contribution >= 4 is 11.8 Å². The van der Waals surface area contributed by atoms with E-state index in [1.54, 1.807) is 14.2 Å². The fourth-order valence-corrected chi connectivity index (χ4v) is 2.92. The van der Waals surface area contributed by atoms with E-state index in [1.807, 2.05) is 0 Å². The van der Waals surface area contributed by atoms with E-state index in [4.69, 9.17) is 37.9 Å². The van der Waals surface area contributed by atoms with Gasteiger partial charge in [-0.1, -0.05) is 0 Å². The van der Waals surface area contributed by atoms with E-state index in [-0.39, 0.29) is 30.0 Å². The molecule has 3 N–H and O–H groups in total. The van der Waals surface area contributed by atoms with Gasteiger partial charge in [-0.3, -0.25) is 9.59 Å². The molecule has 0 atom stereocenters. The van der Waals surface area contributed by atoms with Crippen LogP contribution in [0.4, 0.5) is 0 Å². The van der Waals surface area contributed by atoms with Crippen LogP contribution >= 0.6 is 0 Å². The molecule has 0 unspecified atom stereocenters. The van der Waals surface area contributed by atoms with Gasteiger partial charge in [-0.2, -0.15) is 0 Å². The number of benzene rings is 1. The van der Waals surface area contributed by atoms with Gasteiger partial charge in [0.15, 0.2) is 0 Å². The lowest BCUT2D eigenvalue weighted by Crippen LogP contribution is -2.29. The van der Waals surface area contributed by atoms with Gasteiger partial charge in [-0.15, -0.1) is 0 Å². The summed E-state index contributed by atoms with van der Waals surface area (Å²) in [6.45, 7) is 6.74. The minimum absolute atomic E-state index is 0.163. The van der Waals surface area contributed by atoms with Crippen molar-refractivity contribution in [2.45, 2.75) is 0 Å². The lowest BCUT2D eigenvalue weighted by molar-refractivity contribution is 0.00414. The van der Waals surface area contributed by atoms with E-state index >= 15 is 0 Å². The summed E-state index contributed by atoms with van der Waals surface area (Å²) in [7, 11) is 3.23. The normalized spacial score (nSPS) is 11.0. The summed E-state index contributed by atoms with van der Waals surface area (Å²) < 4.78 is 41.9. The zero-order valence-corrected chi connectivity index (χ0v) is 23.1. The lowest BCUT2D eigenvalue weighted by Gasteiger charge is -2.10. The van der Waals surface area contributed by atoms with Gasteiger partial charge in [-0.25, -0.2) is 0 Å². The Bertz CT molecular complexity index is 709.